The number of aryl methyl sites for hydroxylation is 1. The molecular formula is C18H18F3N5O3. The zero-order valence-corrected chi connectivity index (χ0v) is 15.4. The Morgan fingerprint density at radius 1 is 1.31 bits per heavy atom. The van der Waals surface area contributed by atoms with E-state index in [-0.39, 0.29) is 18.9 Å². The van der Waals surface area contributed by atoms with E-state index < -0.39 is 35.9 Å². The van der Waals surface area contributed by atoms with Gasteiger partial charge in [0.25, 0.3) is 11.8 Å². The number of aromatic nitrogens is 3. The van der Waals surface area contributed by atoms with Gasteiger partial charge in [0.05, 0.1) is 5.69 Å². The molecule has 8 nitrogen and oxygen atoms in total. The molecule has 0 bridgehead atoms. The summed E-state index contributed by atoms with van der Waals surface area (Å²) < 4.78 is 46.0. The van der Waals surface area contributed by atoms with E-state index >= 15 is 0 Å². The Morgan fingerprint density at radius 3 is 2.83 bits per heavy atom. The van der Waals surface area contributed by atoms with Crippen molar-refractivity contribution in [2.24, 2.45) is 0 Å². The molecule has 2 atom stereocenters. The molecule has 2 aliphatic heterocycles. The summed E-state index contributed by atoms with van der Waals surface area (Å²) in [5.74, 6) is -1.04. The van der Waals surface area contributed by atoms with Crippen LogP contribution in [0.5, 0.6) is 5.75 Å². The molecule has 2 aromatic rings. The fourth-order valence-corrected chi connectivity index (χ4v) is 3.53. The molecule has 0 saturated carbocycles. The average Bonchev–Trinajstić information content (AvgIpc) is 3.09. The van der Waals surface area contributed by atoms with Crippen LogP contribution in [0.1, 0.15) is 35.3 Å². The van der Waals surface area contributed by atoms with Crippen molar-refractivity contribution in [2.75, 3.05) is 18.6 Å². The molecule has 1 N–H and O–H groups in total. The monoisotopic (exact) mass is 409 g/mol. The van der Waals surface area contributed by atoms with Crippen molar-refractivity contribution in [3.8, 4) is 5.75 Å². The molecule has 1 aromatic carbocycles. The minimum absolute atomic E-state index is 0.108. The van der Waals surface area contributed by atoms with Crippen molar-refractivity contribution in [3.05, 3.63) is 35.9 Å². The van der Waals surface area contributed by atoms with E-state index in [4.69, 9.17) is 4.74 Å². The number of rotatable bonds is 2. The number of benzene rings is 1. The predicted octanol–water partition coefficient (Wildman–Crippen LogP) is 1.87. The van der Waals surface area contributed by atoms with E-state index in [0.717, 1.165) is 4.68 Å². The van der Waals surface area contributed by atoms with E-state index in [1.54, 1.807) is 31.3 Å². The summed E-state index contributed by atoms with van der Waals surface area (Å²) in [5, 5.41) is 6.26. The van der Waals surface area contributed by atoms with Gasteiger partial charge in [-0.2, -0.15) is 13.2 Å². The normalized spacial score (nSPS) is 21.7. The van der Waals surface area contributed by atoms with Gasteiger partial charge in [-0.25, -0.2) is 9.67 Å². The number of alkyl halides is 3. The smallest absolute Gasteiger partial charge is 0.410 e. The summed E-state index contributed by atoms with van der Waals surface area (Å²) in [6.07, 6.45) is -3.98. The van der Waals surface area contributed by atoms with Gasteiger partial charge in [0.1, 0.15) is 30.3 Å². The first kappa shape index (κ1) is 19.2. The highest BCUT2D eigenvalue weighted by Crippen LogP contribution is 2.37. The van der Waals surface area contributed by atoms with E-state index in [0.29, 0.717) is 24.3 Å². The number of likely N-dealkylation sites (N-methyl/N-ethyl adjacent to an activating group) is 1. The van der Waals surface area contributed by atoms with Crippen LogP contribution in [-0.4, -0.2) is 52.5 Å². The third-order valence-corrected chi connectivity index (χ3v) is 5.02. The molecule has 0 spiro atoms. The lowest BCUT2D eigenvalue weighted by Crippen LogP contribution is -2.49. The van der Waals surface area contributed by atoms with E-state index in [9.17, 15) is 22.8 Å². The van der Waals surface area contributed by atoms with E-state index in [2.05, 4.69) is 15.4 Å². The third kappa shape index (κ3) is 3.52. The molecule has 29 heavy (non-hydrogen) atoms. The van der Waals surface area contributed by atoms with Crippen LogP contribution >= 0.6 is 0 Å². The van der Waals surface area contributed by atoms with E-state index in [1.807, 2.05) is 0 Å². The number of hydrogen-bond acceptors (Lipinski definition) is 5. The number of ether oxygens (including phenoxy) is 1. The van der Waals surface area contributed by atoms with Crippen molar-refractivity contribution in [1.29, 1.82) is 0 Å². The summed E-state index contributed by atoms with van der Waals surface area (Å²) in [7, 11) is 1.55. The quantitative estimate of drug-likeness (QED) is 0.818. The largest absolute Gasteiger partial charge is 0.489 e. The van der Waals surface area contributed by atoms with Gasteiger partial charge in [0, 0.05) is 13.5 Å². The number of hydrogen-bond donors (Lipinski definition) is 1. The fourth-order valence-electron chi connectivity index (χ4n) is 3.53. The second-order valence-electron chi connectivity index (χ2n) is 6.95. The van der Waals surface area contributed by atoms with E-state index in [1.165, 1.54) is 4.90 Å². The highest BCUT2D eigenvalue weighted by molar-refractivity contribution is 6.02. The molecule has 0 radical (unpaired) electrons. The number of nitrogens with one attached hydrogen (secondary N) is 1. The first-order valence-electron chi connectivity index (χ1n) is 9.08. The lowest BCUT2D eigenvalue weighted by molar-refractivity contribution is -0.174. The highest BCUT2D eigenvalue weighted by atomic mass is 19.4. The maximum absolute atomic E-state index is 13.2. The van der Waals surface area contributed by atoms with Crippen molar-refractivity contribution in [2.45, 2.75) is 37.5 Å². The van der Waals surface area contributed by atoms with Gasteiger partial charge < -0.3 is 15.0 Å². The number of halogens is 3. The molecule has 3 heterocycles. The lowest BCUT2D eigenvalue weighted by Gasteiger charge is -2.25. The molecule has 2 aliphatic rings. The Hall–Kier alpha value is -3.11. The lowest BCUT2D eigenvalue weighted by atomic mass is 10.1. The molecular weight excluding hydrogens is 391 g/mol. The number of nitrogens with zero attached hydrogens (tertiary/aromatic N) is 4. The topological polar surface area (TPSA) is 89.4 Å². The molecule has 1 unspecified atom stereocenters. The Kier molecular flexibility index (Phi) is 4.67. The predicted molar refractivity (Wildman–Crippen MR) is 94.7 cm³/mol. The zero-order chi connectivity index (χ0) is 20.8. The Morgan fingerprint density at radius 2 is 2.07 bits per heavy atom. The number of carbonyl (C=O) groups excluding carboxylic acids is 2. The molecule has 2 amide bonds. The Bertz CT molecular complexity index is 958. The van der Waals surface area contributed by atoms with Gasteiger partial charge in [-0.1, -0.05) is 12.1 Å². The maximum Gasteiger partial charge on any atom is 0.410 e. The van der Waals surface area contributed by atoms with Crippen LogP contribution in [0.15, 0.2) is 24.3 Å². The summed E-state index contributed by atoms with van der Waals surface area (Å²) in [6.45, 7) is -0.120. The first-order valence-corrected chi connectivity index (χ1v) is 9.08. The van der Waals surface area contributed by atoms with Gasteiger partial charge in [-0.05, 0) is 25.0 Å². The second kappa shape index (κ2) is 7.05. The summed E-state index contributed by atoms with van der Waals surface area (Å²) in [4.78, 5) is 30.6. The standard InChI is InChI=1S/C18H18F3N5O3/c1-25-11-5-2-3-6-12(11)29-9-10(17(25)28)22-16(27)15-23-14-8-4-7-13(18(19,20)21)26(14)24-15/h2-3,5-6,10,13H,4,7-9H2,1H3,(H,22,27)/t10-,13?/m0/s1. The molecule has 154 valence electrons. The van der Waals surface area contributed by atoms with Crippen LogP contribution in [-0.2, 0) is 11.2 Å². The zero-order valence-electron chi connectivity index (χ0n) is 15.4. The second-order valence-corrected chi connectivity index (χ2v) is 6.95. The van der Waals surface area contributed by atoms with Crippen molar-refractivity contribution >= 4 is 17.5 Å². The van der Waals surface area contributed by atoms with Crippen LogP contribution < -0.4 is 15.0 Å². The highest BCUT2D eigenvalue weighted by Gasteiger charge is 2.44. The minimum Gasteiger partial charge on any atom is -0.489 e. The van der Waals surface area contributed by atoms with Gasteiger partial charge >= 0.3 is 6.18 Å². The number of anilines is 1. The van der Waals surface area contributed by atoms with Crippen molar-refractivity contribution in [3.63, 3.8) is 0 Å². The third-order valence-electron chi connectivity index (χ3n) is 5.02. The molecule has 0 aliphatic carbocycles. The summed E-state index contributed by atoms with van der Waals surface area (Å²) >= 11 is 0. The van der Waals surface area contributed by atoms with Gasteiger partial charge in [-0.15, -0.1) is 5.10 Å². The Labute approximate surface area is 163 Å². The number of amides is 2. The van der Waals surface area contributed by atoms with Crippen molar-refractivity contribution < 1.29 is 27.5 Å². The van der Waals surface area contributed by atoms with Crippen molar-refractivity contribution in [1.82, 2.24) is 20.1 Å². The molecule has 0 saturated heterocycles. The number of para-hydroxylation sites is 2. The Balaban J connectivity index is 1.53. The van der Waals surface area contributed by atoms with Crippen LogP contribution in [0, 0.1) is 0 Å². The van der Waals surface area contributed by atoms with Crippen LogP contribution in [0.2, 0.25) is 0 Å². The minimum atomic E-state index is -4.48. The maximum atomic E-state index is 13.2. The SMILES string of the molecule is CN1C(=O)[C@@H](NC(=O)c2nc3n(n2)C(C(F)(F)F)CCC3)COc2ccccc21. The molecule has 11 heteroatoms. The molecule has 0 fully saturated rings. The fraction of sp³-hybridized carbons (Fsp3) is 0.444. The molecule has 1 aromatic heterocycles. The van der Waals surface area contributed by atoms with Gasteiger partial charge in [-0.3, -0.25) is 9.59 Å². The van der Waals surface area contributed by atoms with Crippen LogP contribution in [0.25, 0.3) is 0 Å². The van der Waals surface area contributed by atoms with Gasteiger partial charge in [0.15, 0.2) is 0 Å². The summed E-state index contributed by atoms with van der Waals surface area (Å²) in [5.41, 5.74) is 0.554. The number of fused-ring (bicyclic) bond motifs is 2. The van der Waals surface area contributed by atoms with Crippen LogP contribution in [0.4, 0.5) is 18.9 Å². The molecule has 4 rings (SSSR count). The number of carbonyl (C=O) groups is 2. The van der Waals surface area contributed by atoms with Gasteiger partial charge in [0.2, 0.25) is 5.82 Å². The summed E-state index contributed by atoms with van der Waals surface area (Å²) in [6, 6.07) is 4.09. The van der Waals surface area contributed by atoms with Crippen LogP contribution in [0.3, 0.4) is 0 Å². The first-order chi connectivity index (χ1) is 13.8. The average molecular weight is 409 g/mol.